The van der Waals surface area contributed by atoms with Gasteiger partial charge in [-0.3, -0.25) is 4.79 Å². The smallest absolute Gasteiger partial charge is 0.328 e. The number of rotatable bonds is 4. The van der Waals surface area contributed by atoms with Gasteiger partial charge in [0.2, 0.25) is 5.91 Å². The van der Waals surface area contributed by atoms with E-state index in [0.717, 1.165) is 29.5 Å². The minimum atomic E-state index is -0.959. The molecule has 1 aromatic heterocycles. The summed E-state index contributed by atoms with van der Waals surface area (Å²) in [7, 11) is 0. The monoisotopic (exact) mass is 251 g/mol. The van der Waals surface area contributed by atoms with E-state index in [1.165, 1.54) is 0 Å². The molecule has 0 atom stereocenters. The molecule has 2 rings (SSSR count). The van der Waals surface area contributed by atoms with Crippen molar-refractivity contribution in [2.75, 3.05) is 6.54 Å². The highest BCUT2D eigenvalue weighted by Crippen LogP contribution is 2.22. The molecule has 0 aromatic carbocycles. The largest absolute Gasteiger partial charge is 0.478 e. The molecule has 2 heterocycles. The highest BCUT2D eigenvalue weighted by Gasteiger charge is 2.21. The third kappa shape index (κ3) is 2.94. The van der Waals surface area contributed by atoms with Crippen molar-refractivity contribution in [2.45, 2.75) is 19.4 Å². The van der Waals surface area contributed by atoms with Crippen molar-refractivity contribution in [3.63, 3.8) is 0 Å². The van der Waals surface area contributed by atoms with E-state index >= 15 is 0 Å². The van der Waals surface area contributed by atoms with Crippen LogP contribution in [0.4, 0.5) is 0 Å². The molecular weight excluding hydrogens is 238 g/mol. The number of carbonyl (C=O) groups is 2. The number of hydrogen-bond donors (Lipinski definition) is 1. The van der Waals surface area contributed by atoms with Crippen LogP contribution in [0.1, 0.15) is 23.3 Å². The number of likely N-dealkylation sites (tertiary alicyclic amines) is 1. The van der Waals surface area contributed by atoms with Crippen molar-refractivity contribution < 1.29 is 14.7 Å². The van der Waals surface area contributed by atoms with Gasteiger partial charge in [-0.05, 0) is 29.5 Å². The number of amides is 1. The van der Waals surface area contributed by atoms with Gasteiger partial charge in [0.25, 0.3) is 0 Å². The lowest BCUT2D eigenvalue weighted by molar-refractivity contribution is -0.131. The molecule has 1 amide bonds. The number of carboxylic acid groups (broad SMARTS) is 1. The van der Waals surface area contributed by atoms with Gasteiger partial charge in [-0.1, -0.05) is 0 Å². The quantitative estimate of drug-likeness (QED) is 0.832. The van der Waals surface area contributed by atoms with E-state index < -0.39 is 5.97 Å². The lowest BCUT2D eigenvalue weighted by Crippen LogP contribution is -2.23. The van der Waals surface area contributed by atoms with Crippen LogP contribution in [0.15, 0.2) is 17.5 Å². The second-order valence-corrected chi connectivity index (χ2v) is 4.89. The van der Waals surface area contributed by atoms with E-state index in [4.69, 9.17) is 5.11 Å². The summed E-state index contributed by atoms with van der Waals surface area (Å²) in [5.74, 6) is -0.772. The predicted octanol–water partition coefficient (Wildman–Crippen LogP) is 1.97. The number of aliphatic carboxylic acids is 1. The van der Waals surface area contributed by atoms with Crippen LogP contribution in [0.3, 0.4) is 0 Å². The van der Waals surface area contributed by atoms with Gasteiger partial charge in [-0.25, -0.2) is 4.79 Å². The van der Waals surface area contributed by atoms with Crippen molar-refractivity contribution in [2.24, 2.45) is 0 Å². The molecule has 1 aliphatic rings. The third-order valence-electron chi connectivity index (χ3n) is 2.69. The summed E-state index contributed by atoms with van der Waals surface area (Å²) in [6.45, 7) is 1.40. The van der Waals surface area contributed by atoms with Crippen LogP contribution in [0.5, 0.6) is 0 Å². The molecule has 0 bridgehead atoms. The molecule has 0 aliphatic carbocycles. The van der Waals surface area contributed by atoms with Gasteiger partial charge in [0, 0.05) is 23.9 Å². The van der Waals surface area contributed by atoms with Gasteiger partial charge in [-0.15, -0.1) is 11.3 Å². The minimum Gasteiger partial charge on any atom is -0.478 e. The minimum absolute atomic E-state index is 0.187. The van der Waals surface area contributed by atoms with E-state index in [1.54, 1.807) is 17.4 Å². The number of nitrogens with zero attached hydrogens (tertiary/aromatic N) is 1. The summed E-state index contributed by atoms with van der Waals surface area (Å²) in [6.07, 6.45) is 4.25. The molecule has 90 valence electrons. The van der Waals surface area contributed by atoms with Crippen LogP contribution in [0.2, 0.25) is 0 Å². The van der Waals surface area contributed by atoms with Crippen LogP contribution < -0.4 is 0 Å². The van der Waals surface area contributed by atoms with E-state index in [9.17, 15) is 9.59 Å². The van der Waals surface area contributed by atoms with Gasteiger partial charge >= 0.3 is 5.97 Å². The van der Waals surface area contributed by atoms with Crippen LogP contribution in [-0.4, -0.2) is 28.4 Å². The van der Waals surface area contributed by atoms with E-state index in [-0.39, 0.29) is 5.91 Å². The molecule has 1 aromatic rings. The summed E-state index contributed by atoms with van der Waals surface area (Å²) in [6, 6.07) is 1.87. The van der Waals surface area contributed by atoms with Crippen LogP contribution >= 0.6 is 11.3 Å². The van der Waals surface area contributed by atoms with Crippen LogP contribution in [0.25, 0.3) is 6.08 Å². The molecule has 1 N–H and O–H groups in total. The molecule has 17 heavy (non-hydrogen) atoms. The molecule has 0 spiro atoms. The topological polar surface area (TPSA) is 57.6 Å². The Morgan fingerprint density at radius 2 is 2.41 bits per heavy atom. The van der Waals surface area contributed by atoms with Crippen LogP contribution in [-0.2, 0) is 16.1 Å². The Morgan fingerprint density at radius 3 is 3.06 bits per heavy atom. The van der Waals surface area contributed by atoms with Gasteiger partial charge in [0.1, 0.15) is 0 Å². The standard InChI is InChI=1S/C12H13NO3S/c14-11-2-1-6-13(11)8-10-9(5-7-17-10)3-4-12(15)16/h3-5,7H,1-2,6,8H2,(H,15,16). The average Bonchev–Trinajstić information content (AvgIpc) is 2.87. The summed E-state index contributed by atoms with van der Waals surface area (Å²) in [5, 5.41) is 10.5. The maximum Gasteiger partial charge on any atom is 0.328 e. The van der Waals surface area contributed by atoms with E-state index in [1.807, 2.05) is 16.3 Å². The maximum atomic E-state index is 11.5. The fourth-order valence-corrected chi connectivity index (χ4v) is 2.71. The first-order valence-electron chi connectivity index (χ1n) is 5.42. The lowest BCUT2D eigenvalue weighted by Gasteiger charge is -2.14. The highest BCUT2D eigenvalue weighted by atomic mass is 32.1. The Hall–Kier alpha value is -1.62. The van der Waals surface area contributed by atoms with Gasteiger partial charge in [-0.2, -0.15) is 0 Å². The zero-order chi connectivity index (χ0) is 12.3. The zero-order valence-electron chi connectivity index (χ0n) is 9.26. The first kappa shape index (κ1) is 11.9. The average molecular weight is 251 g/mol. The maximum absolute atomic E-state index is 11.5. The first-order chi connectivity index (χ1) is 8.16. The Balaban J connectivity index is 2.08. The Labute approximate surface area is 103 Å². The van der Waals surface area contributed by atoms with Crippen molar-refractivity contribution in [3.8, 4) is 0 Å². The predicted molar refractivity (Wildman–Crippen MR) is 65.6 cm³/mol. The van der Waals surface area contributed by atoms with Crippen molar-refractivity contribution in [3.05, 3.63) is 28.0 Å². The highest BCUT2D eigenvalue weighted by molar-refractivity contribution is 7.10. The number of hydrogen-bond acceptors (Lipinski definition) is 3. The second-order valence-electron chi connectivity index (χ2n) is 3.89. The van der Waals surface area contributed by atoms with Gasteiger partial charge in [0.15, 0.2) is 0 Å². The van der Waals surface area contributed by atoms with E-state index in [0.29, 0.717) is 13.0 Å². The summed E-state index contributed by atoms with van der Waals surface area (Å²) < 4.78 is 0. The molecule has 0 saturated carbocycles. The fraction of sp³-hybridized carbons (Fsp3) is 0.333. The van der Waals surface area contributed by atoms with E-state index in [2.05, 4.69) is 0 Å². The second kappa shape index (κ2) is 5.14. The fourth-order valence-electron chi connectivity index (χ4n) is 1.83. The third-order valence-corrected chi connectivity index (χ3v) is 3.61. The molecule has 1 saturated heterocycles. The summed E-state index contributed by atoms with van der Waals surface area (Å²) >= 11 is 1.55. The molecule has 0 radical (unpaired) electrons. The Bertz CT molecular complexity index is 464. The number of carboxylic acids is 1. The molecule has 5 heteroatoms. The zero-order valence-corrected chi connectivity index (χ0v) is 10.1. The molecule has 1 fully saturated rings. The summed E-state index contributed by atoms with van der Waals surface area (Å²) in [5.41, 5.74) is 0.886. The molecule has 1 aliphatic heterocycles. The molecular formula is C12H13NO3S. The first-order valence-corrected chi connectivity index (χ1v) is 6.30. The number of thiophene rings is 1. The molecule has 0 unspecified atom stereocenters. The number of carbonyl (C=O) groups excluding carboxylic acids is 1. The summed E-state index contributed by atoms with van der Waals surface area (Å²) in [4.78, 5) is 24.8. The molecule has 4 nitrogen and oxygen atoms in total. The Morgan fingerprint density at radius 1 is 1.59 bits per heavy atom. The van der Waals surface area contributed by atoms with Crippen molar-refractivity contribution >= 4 is 29.3 Å². The SMILES string of the molecule is O=C(O)C=Cc1ccsc1CN1CCCC1=O. The van der Waals surface area contributed by atoms with Gasteiger partial charge in [0.05, 0.1) is 6.54 Å². The Kier molecular flexibility index (Phi) is 3.58. The van der Waals surface area contributed by atoms with Crippen LogP contribution in [0, 0.1) is 0 Å². The normalized spacial score (nSPS) is 16.0. The van der Waals surface area contributed by atoms with Gasteiger partial charge < -0.3 is 10.0 Å². The van der Waals surface area contributed by atoms with Crippen molar-refractivity contribution in [1.29, 1.82) is 0 Å². The lowest BCUT2D eigenvalue weighted by atomic mass is 10.2. The van der Waals surface area contributed by atoms with Crippen molar-refractivity contribution in [1.82, 2.24) is 4.90 Å².